The van der Waals surface area contributed by atoms with Gasteiger partial charge >= 0.3 is 0 Å². The highest BCUT2D eigenvalue weighted by Gasteiger charge is 2.19. The second-order valence-corrected chi connectivity index (χ2v) is 3.31. The number of halogens is 1. The standard InChI is InChI=1S/C8H14BrNO/c1-2-3-10-4-5-11-7-8(10)6-9/h2,8H,1,3-7H2. The van der Waals surface area contributed by atoms with Gasteiger partial charge in [0.25, 0.3) is 0 Å². The lowest BCUT2D eigenvalue weighted by atomic mass is 10.2. The summed E-state index contributed by atoms with van der Waals surface area (Å²) in [6.45, 7) is 7.43. The molecule has 1 atom stereocenters. The van der Waals surface area contributed by atoms with Crippen LogP contribution in [-0.4, -0.2) is 42.6 Å². The zero-order chi connectivity index (χ0) is 8.10. The molecule has 1 aliphatic rings. The molecule has 0 aromatic carbocycles. The number of hydrogen-bond acceptors (Lipinski definition) is 2. The molecule has 1 aliphatic heterocycles. The van der Waals surface area contributed by atoms with Crippen molar-refractivity contribution in [3.63, 3.8) is 0 Å². The third-order valence-electron chi connectivity index (χ3n) is 1.89. The lowest BCUT2D eigenvalue weighted by Crippen LogP contribution is -2.46. The number of rotatable bonds is 3. The minimum atomic E-state index is 0.529. The molecule has 0 aliphatic carbocycles. The summed E-state index contributed by atoms with van der Waals surface area (Å²) < 4.78 is 5.34. The Hall–Kier alpha value is 0.140. The van der Waals surface area contributed by atoms with Crippen molar-refractivity contribution in [2.75, 3.05) is 31.6 Å². The summed E-state index contributed by atoms with van der Waals surface area (Å²) in [5.74, 6) is 0. The van der Waals surface area contributed by atoms with E-state index in [-0.39, 0.29) is 0 Å². The van der Waals surface area contributed by atoms with E-state index < -0.39 is 0 Å². The predicted octanol–water partition coefficient (Wildman–Crippen LogP) is 1.27. The van der Waals surface area contributed by atoms with Crippen LogP contribution in [0.4, 0.5) is 0 Å². The number of nitrogens with zero attached hydrogens (tertiary/aromatic N) is 1. The molecule has 0 spiro atoms. The van der Waals surface area contributed by atoms with Crippen LogP contribution in [0.1, 0.15) is 0 Å². The first-order valence-electron chi connectivity index (χ1n) is 3.87. The van der Waals surface area contributed by atoms with E-state index >= 15 is 0 Å². The van der Waals surface area contributed by atoms with Crippen LogP contribution in [0.2, 0.25) is 0 Å². The predicted molar refractivity (Wildman–Crippen MR) is 50.2 cm³/mol. The van der Waals surface area contributed by atoms with E-state index in [2.05, 4.69) is 27.4 Å². The Morgan fingerprint density at radius 1 is 1.73 bits per heavy atom. The summed E-state index contributed by atoms with van der Waals surface area (Å²) in [6.07, 6.45) is 1.95. The van der Waals surface area contributed by atoms with Gasteiger partial charge in [-0.25, -0.2) is 0 Å². The summed E-state index contributed by atoms with van der Waals surface area (Å²) in [5, 5.41) is 0.987. The maximum Gasteiger partial charge on any atom is 0.0630 e. The molecule has 64 valence electrons. The fraction of sp³-hybridized carbons (Fsp3) is 0.750. The topological polar surface area (TPSA) is 12.5 Å². The van der Waals surface area contributed by atoms with Crippen molar-refractivity contribution >= 4 is 15.9 Å². The van der Waals surface area contributed by atoms with Gasteiger partial charge in [0.1, 0.15) is 0 Å². The number of alkyl halides is 1. The molecule has 2 nitrogen and oxygen atoms in total. The quantitative estimate of drug-likeness (QED) is 0.524. The molecule has 1 rings (SSSR count). The third kappa shape index (κ3) is 2.58. The first kappa shape index (κ1) is 9.23. The van der Waals surface area contributed by atoms with Gasteiger partial charge in [-0.15, -0.1) is 6.58 Å². The molecule has 1 heterocycles. The molecule has 0 bridgehead atoms. The van der Waals surface area contributed by atoms with Gasteiger partial charge in [0.15, 0.2) is 0 Å². The summed E-state index contributed by atoms with van der Waals surface area (Å²) in [4.78, 5) is 2.38. The maximum absolute atomic E-state index is 5.34. The van der Waals surface area contributed by atoms with Gasteiger partial charge in [0.05, 0.1) is 13.2 Å². The van der Waals surface area contributed by atoms with Crippen LogP contribution in [-0.2, 0) is 4.74 Å². The second kappa shape index (κ2) is 4.91. The normalized spacial score (nSPS) is 26.8. The molecule has 1 fully saturated rings. The van der Waals surface area contributed by atoms with Gasteiger partial charge in [-0.2, -0.15) is 0 Å². The maximum atomic E-state index is 5.34. The fourth-order valence-electron chi connectivity index (χ4n) is 1.24. The number of hydrogen-bond donors (Lipinski definition) is 0. The van der Waals surface area contributed by atoms with E-state index in [1.54, 1.807) is 0 Å². The minimum Gasteiger partial charge on any atom is -0.378 e. The smallest absolute Gasteiger partial charge is 0.0630 e. The first-order valence-corrected chi connectivity index (χ1v) is 4.99. The van der Waals surface area contributed by atoms with Crippen molar-refractivity contribution in [1.29, 1.82) is 0 Å². The van der Waals surface area contributed by atoms with Crippen LogP contribution in [0.3, 0.4) is 0 Å². The molecule has 0 saturated carbocycles. The van der Waals surface area contributed by atoms with E-state index in [0.717, 1.165) is 31.6 Å². The molecule has 11 heavy (non-hydrogen) atoms. The van der Waals surface area contributed by atoms with Crippen LogP contribution >= 0.6 is 15.9 Å². The van der Waals surface area contributed by atoms with Crippen LogP contribution < -0.4 is 0 Å². The Morgan fingerprint density at radius 3 is 3.18 bits per heavy atom. The van der Waals surface area contributed by atoms with Crippen molar-refractivity contribution in [3.8, 4) is 0 Å². The van der Waals surface area contributed by atoms with Gasteiger partial charge in [-0.3, -0.25) is 4.90 Å². The highest BCUT2D eigenvalue weighted by atomic mass is 79.9. The van der Waals surface area contributed by atoms with Crippen LogP contribution in [0.5, 0.6) is 0 Å². The van der Waals surface area contributed by atoms with Gasteiger partial charge in [-0.1, -0.05) is 22.0 Å². The molecule has 3 heteroatoms. The van der Waals surface area contributed by atoms with E-state index in [9.17, 15) is 0 Å². The molecule has 0 N–H and O–H groups in total. The molecule has 0 amide bonds. The van der Waals surface area contributed by atoms with Crippen molar-refractivity contribution < 1.29 is 4.74 Å². The lowest BCUT2D eigenvalue weighted by molar-refractivity contribution is 0.00782. The zero-order valence-corrected chi connectivity index (χ0v) is 8.22. The van der Waals surface area contributed by atoms with Crippen LogP contribution in [0, 0.1) is 0 Å². The zero-order valence-electron chi connectivity index (χ0n) is 6.63. The van der Waals surface area contributed by atoms with Gasteiger partial charge in [-0.05, 0) is 0 Å². The molecule has 0 radical (unpaired) electrons. The first-order chi connectivity index (χ1) is 5.38. The van der Waals surface area contributed by atoms with Gasteiger partial charge < -0.3 is 4.74 Å². The lowest BCUT2D eigenvalue weighted by Gasteiger charge is -2.33. The van der Waals surface area contributed by atoms with Crippen molar-refractivity contribution in [3.05, 3.63) is 12.7 Å². The fourth-order valence-corrected chi connectivity index (χ4v) is 1.83. The van der Waals surface area contributed by atoms with E-state index in [1.165, 1.54) is 0 Å². The molecule has 1 saturated heterocycles. The molecular weight excluding hydrogens is 206 g/mol. The third-order valence-corrected chi connectivity index (χ3v) is 2.64. The largest absolute Gasteiger partial charge is 0.378 e. The van der Waals surface area contributed by atoms with E-state index in [4.69, 9.17) is 4.74 Å². The summed E-state index contributed by atoms with van der Waals surface area (Å²) >= 11 is 3.47. The SMILES string of the molecule is C=CCN1CCOCC1CBr. The average Bonchev–Trinajstić information content (AvgIpc) is 2.06. The summed E-state index contributed by atoms with van der Waals surface area (Å²) in [6, 6.07) is 0.529. The Bertz CT molecular complexity index is 129. The Kier molecular flexibility index (Phi) is 4.12. The summed E-state index contributed by atoms with van der Waals surface area (Å²) in [7, 11) is 0. The van der Waals surface area contributed by atoms with Gasteiger partial charge in [0, 0.05) is 24.5 Å². The summed E-state index contributed by atoms with van der Waals surface area (Å²) in [5.41, 5.74) is 0. The monoisotopic (exact) mass is 219 g/mol. The molecule has 1 unspecified atom stereocenters. The highest BCUT2D eigenvalue weighted by molar-refractivity contribution is 9.09. The second-order valence-electron chi connectivity index (χ2n) is 2.67. The van der Waals surface area contributed by atoms with E-state index in [1.807, 2.05) is 6.08 Å². The molecule has 0 aromatic heterocycles. The Balaban J connectivity index is 2.37. The minimum absolute atomic E-state index is 0.529. The Labute approximate surface area is 76.3 Å². The van der Waals surface area contributed by atoms with Crippen molar-refractivity contribution in [2.24, 2.45) is 0 Å². The van der Waals surface area contributed by atoms with Crippen LogP contribution in [0.25, 0.3) is 0 Å². The molecule has 0 aromatic rings. The highest BCUT2D eigenvalue weighted by Crippen LogP contribution is 2.08. The Morgan fingerprint density at radius 2 is 2.55 bits per heavy atom. The van der Waals surface area contributed by atoms with Crippen molar-refractivity contribution in [2.45, 2.75) is 6.04 Å². The van der Waals surface area contributed by atoms with Gasteiger partial charge in [0.2, 0.25) is 0 Å². The number of ether oxygens (including phenoxy) is 1. The number of morpholine rings is 1. The van der Waals surface area contributed by atoms with E-state index in [0.29, 0.717) is 6.04 Å². The van der Waals surface area contributed by atoms with Crippen molar-refractivity contribution in [1.82, 2.24) is 4.90 Å². The average molecular weight is 220 g/mol. The molecular formula is C8H14BrNO. The van der Waals surface area contributed by atoms with Crippen LogP contribution in [0.15, 0.2) is 12.7 Å².